The molecule has 1 aromatic carbocycles. The standard InChI is InChI=1S/C11H15NO3/c1-15-11(14)9(7-12)6-8-2-4-10(13)5-3-8/h2-5,9,13H,6-7,12H2,1H3/t9-/m0/s1. The summed E-state index contributed by atoms with van der Waals surface area (Å²) in [4.78, 5) is 11.3. The van der Waals surface area contributed by atoms with Crippen LogP contribution in [0.5, 0.6) is 5.75 Å². The molecule has 0 bridgehead atoms. The van der Waals surface area contributed by atoms with Gasteiger partial charge in [0, 0.05) is 6.54 Å². The molecule has 0 aliphatic heterocycles. The number of hydrogen-bond donors (Lipinski definition) is 2. The Kier molecular flexibility index (Phi) is 4.12. The molecule has 4 heteroatoms. The number of esters is 1. The molecule has 0 saturated carbocycles. The van der Waals surface area contributed by atoms with E-state index in [0.29, 0.717) is 6.42 Å². The molecule has 0 heterocycles. The van der Waals surface area contributed by atoms with E-state index in [9.17, 15) is 4.79 Å². The Morgan fingerprint density at radius 3 is 2.53 bits per heavy atom. The van der Waals surface area contributed by atoms with Crippen LogP contribution in [0.15, 0.2) is 24.3 Å². The fourth-order valence-corrected chi connectivity index (χ4v) is 1.35. The second-order valence-corrected chi connectivity index (χ2v) is 3.33. The van der Waals surface area contributed by atoms with E-state index in [4.69, 9.17) is 10.8 Å². The smallest absolute Gasteiger partial charge is 0.310 e. The third kappa shape index (κ3) is 3.25. The van der Waals surface area contributed by atoms with E-state index in [0.717, 1.165) is 5.56 Å². The number of nitrogens with two attached hydrogens (primary N) is 1. The summed E-state index contributed by atoms with van der Waals surface area (Å²) in [6.45, 7) is 0.257. The quantitative estimate of drug-likeness (QED) is 0.715. The summed E-state index contributed by atoms with van der Waals surface area (Å²) in [6, 6.07) is 6.70. The van der Waals surface area contributed by atoms with Crippen molar-refractivity contribution in [2.24, 2.45) is 11.7 Å². The summed E-state index contributed by atoms with van der Waals surface area (Å²) in [5, 5.41) is 9.09. The van der Waals surface area contributed by atoms with Crippen molar-refractivity contribution in [3.63, 3.8) is 0 Å². The third-order valence-corrected chi connectivity index (χ3v) is 2.24. The summed E-state index contributed by atoms with van der Waals surface area (Å²) in [5.74, 6) is -0.411. The van der Waals surface area contributed by atoms with Gasteiger partial charge in [-0.3, -0.25) is 4.79 Å². The fourth-order valence-electron chi connectivity index (χ4n) is 1.35. The maximum atomic E-state index is 11.3. The lowest BCUT2D eigenvalue weighted by atomic mass is 9.99. The molecular formula is C11H15NO3. The first kappa shape index (κ1) is 11.5. The van der Waals surface area contributed by atoms with Crippen LogP contribution in [0.1, 0.15) is 5.56 Å². The van der Waals surface area contributed by atoms with Crippen LogP contribution in [-0.4, -0.2) is 24.7 Å². The van der Waals surface area contributed by atoms with Crippen molar-refractivity contribution in [1.29, 1.82) is 0 Å². The minimum absolute atomic E-state index is 0.209. The van der Waals surface area contributed by atoms with Crippen LogP contribution >= 0.6 is 0 Å². The zero-order valence-electron chi connectivity index (χ0n) is 8.64. The van der Waals surface area contributed by atoms with Gasteiger partial charge >= 0.3 is 5.97 Å². The molecule has 1 aromatic rings. The van der Waals surface area contributed by atoms with Crippen LogP contribution in [0, 0.1) is 5.92 Å². The Hall–Kier alpha value is -1.55. The highest BCUT2D eigenvalue weighted by atomic mass is 16.5. The molecule has 0 spiro atoms. The number of rotatable bonds is 4. The van der Waals surface area contributed by atoms with Gasteiger partial charge in [0.25, 0.3) is 0 Å². The van der Waals surface area contributed by atoms with Crippen molar-refractivity contribution >= 4 is 5.97 Å². The second kappa shape index (κ2) is 5.36. The van der Waals surface area contributed by atoms with Gasteiger partial charge in [-0.2, -0.15) is 0 Å². The number of phenols is 1. The molecule has 1 atom stereocenters. The lowest BCUT2D eigenvalue weighted by Gasteiger charge is -2.11. The van der Waals surface area contributed by atoms with Crippen LogP contribution in [-0.2, 0) is 16.0 Å². The number of benzene rings is 1. The Balaban J connectivity index is 2.66. The number of ether oxygens (including phenoxy) is 1. The molecule has 0 amide bonds. The number of phenolic OH excluding ortho intramolecular Hbond substituents is 1. The van der Waals surface area contributed by atoms with Gasteiger partial charge in [-0.05, 0) is 24.1 Å². The average Bonchev–Trinajstić information content (AvgIpc) is 2.27. The summed E-state index contributed by atoms with van der Waals surface area (Å²) in [5.41, 5.74) is 6.43. The lowest BCUT2D eigenvalue weighted by Crippen LogP contribution is -2.26. The number of carbonyl (C=O) groups excluding carboxylic acids is 1. The minimum atomic E-state index is -0.320. The Bertz CT molecular complexity index is 321. The van der Waals surface area contributed by atoms with E-state index in [1.807, 2.05) is 0 Å². The highest BCUT2D eigenvalue weighted by Gasteiger charge is 2.17. The molecule has 0 radical (unpaired) electrons. The lowest BCUT2D eigenvalue weighted by molar-refractivity contribution is -0.145. The molecule has 0 aliphatic carbocycles. The Morgan fingerprint density at radius 1 is 1.47 bits per heavy atom. The largest absolute Gasteiger partial charge is 0.508 e. The van der Waals surface area contributed by atoms with Gasteiger partial charge in [-0.1, -0.05) is 12.1 Å². The monoisotopic (exact) mass is 209 g/mol. The summed E-state index contributed by atoms with van der Waals surface area (Å²) >= 11 is 0. The SMILES string of the molecule is COC(=O)[C@H](CN)Cc1ccc(O)cc1. The van der Waals surface area contributed by atoms with Gasteiger partial charge in [0.1, 0.15) is 5.75 Å². The van der Waals surface area contributed by atoms with E-state index < -0.39 is 0 Å². The molecule has 0 aromatic heterocycles. The van der Waals surface area contributed by atoms with E-state index in [-0.39, 0.29) is 24.2 Å². The van der Waals surface area contributed by atoms with E-state index in [2.05, 4.69) is 4.74 Å². The van der Waals surface area contributed by atoms with Crippen molar-refractivity contribution in [2.45, 2.75) is 6.42 Å². The van der Waals surface area contributed by atoms with E-state index in [1.54, 1.807) is 24.3 Å². The van der Waals surface area contributed by atoms with Gasteiger partial charge in [0.05, 0.1) is 13.0 Å². The topological polar surface area (TPSA) is 72.5 Å². The number of aromatic hydroxyl groups is 1. The highest BCUT2D eigenvalue weighted by molar-refractivity contribution is 5.72. The molecule has 0 fully saturated rings. The van der Waals surface area contributed by atoms with Crippen LogP contribution in [0.25, 0.3) is 0 Å². The third-order valence-electron chi connectivity index (χ3n) is 2.24. The molecule has 15 heavy (non-hydrogen) atoms. The van der Waals surface area contributed by atoms with Gasteiger partial charge in [-0.15, -0.1) is 0 Å². The van der Waals surface area contributed by atoms with Crippen molar-refractivity contribution in [2.75, 3.05) is 13.7 Å². The molecule has 4 nitrogen and oxygen atoms in total. The molecule has 0 unspecified atom stereocenters. The highest BCUT2D eigenvalue weighted by Crippen LogP contribution is 2.13. The van der Waals surface area contributed by atoms with Crippen LogP contribution in [0.2, 0.25) is 0 Å². The zero-order chi connectivity index (χ0) is 11.3. The van der Waals surface area contributed by atoms with Crippen molar-refractivity contribution in [3.05, 3.63) is 29.8 Å². The Morgan fingerprint density at radius 2 is 2.07 bits per heavy atom. The van der Waals surface area contributed by atoms with Crippen molar-refractivity contribution in [1.82, 2.24) is 0 Å². The van der Waals surface area contributed by atoms with E-state index in [1.165, 1.54) is 7.11 Å². The fraction of sp³-hybridized carbons (Fsp3) is 0.364. The first-order chi connectivity index (χ1) is 7.17. The Labute approximate surface area is 88.7 Å². The molecule has 0 aliphatic rings. The van der Waals surface area contributed by atoms with Crippen molar-refractivity contribution < 1.29 is 14.6 Å². The second-order valence-electron chi connectivity index (χ2n) is 3.33. The average molecular weight is 209 g/mol. The number of hydrogen-bond acceptors (Lipinski definition) is 4. The van der Waals surface area contributed by atoms with Gasteiger partial charge in [0.15, 0.2) is 0 Å². The molecule has 1 rings (SSSR count). The summed E-state index contributed by atoms with van der Waals surface area (Å²) in [6.07, 6.45) is 0.531. The van der Waals surface area contributed by atoms with Gasteiger partial charge < -0.3 is 15.6 Å². The molecular weight excluding hydrogens is 194 g/mol. The van der Waals surface area contributed by atoms with Gasteiger partial charge in [-0.25, -0.2) is 0 Å². The summed E-state index contributed by atoms with van der Waals surface area (Å²) in [7, 11) is 1.35. The first-order valence-electron chi connectivity index (χ1n) is 4.73. The molecule has 0 saturated heterocycles. The van der Waals surface area contributed by atoms with Crippen LogP contribution in [0.4, 0.5) is 0 Å². The van der Waals surface area contributed by atoms with Crippen LogP contribution in [0.3, 0.4) is 0 Å². The predicted molar refractivity (Wildman–Crippen MR) is 56.4 cm³/mol. The number of methoxy groups -OCH3 is 1. The van der Waals surface area contributed by atoms with Crippen LogP contribution < -0.4 is 5.73 Å². The molecule has 3 N–H and O–H groups in total. The summed E-state index contributed by atoms with van der Waals surface area (Å²) < 4.78 is 4.63. The predicted octanol–water partition coefficient (Wildman–Crippen LogP) is 0.683. The maximum Gasteiger partial charge on any atom is 0.310 e. The molecule has 82 valence electrons. The first-order valence-corrected chi connectivity index (χ1v) is 4.73. The van der Waals surface area contributed by atoms with Gasteiger partial charge in [0.2, 0.25) is 0 Å². The normalized spacial score (nSPS) is 12.1. The maximum absolute atomic E-state index is 11.3. The number of carbonyl (C=O) groups is 1. The minimum Gasteiger partial charge on any atom is -0.508 e. The zero-order valence-corrected chi connectivity index (χ0v) is 8.64. The van der Waals surface area contributed by atoms with Crippen molar-refractivity contribution in [3.8, 4) is 5.75 Å². The van der Waals surface area contributed by atoms with E-state index >= 15 is 0 Å².